The van der Waals surface area contributed by atoms with Gasteiger partial charge in [0.15, 0.2) is 0 Å². The van der Waals surface area contributed by atoms with E-state index in [0.29, 0.717) is 30.4 Å². The summed E-state index contributed by atoms with van der Waals surface area (Å²) in [4.78, 5) is 12.7. The summed E-state index contributed by atoms with van der Waals surface area (Å²) in [6.45, 7) is 7.59. The maximum atomic E-state index is 12.7. The Morgan fingerprint density at radius 2 is 1.88 bits per heavy atom. The Hall–Kier alpha value is -0.670. The molecule has 0 radical (unpaired) electrons. The molecule has 0 atom stereocenters. The maximum absolute atomic E-state index is 12.7. The number of amides is 1. The minimum Gasteiger partial charge on any atom is -0.349 e. The molecule has 0 bridgehead atoms. The molecule has 6 nitrogen and oxygen atoms in total. The third-order valence-electron chi connectivity index (χ3n) is 5.15. The number of rotatable bonds is 7. The summed E-state index contributed by atoms with van der Waals surface area (Å²) in [7, 11) is -3.50. The van der Waals surface area contributed by atoms with Crippen molar-refractivity contribution >= 4 is 39.7 Å². The second kappa shape index (κ2) is 9.50. The van der Waals surface area contributed by atoms with E-state index >= 15 is 0 Å². The predicted molar refractivity (Wildman–Crippen MR) is 109 cm³/mol. The number of hydrogen-bond acceptors (Lipinski definition) is 5. The van der Waals surface area contributed by atoms with Crippen molar-refractivity contribution in [2.45, 2.75) is 56.2 Å². The standard InChI is InChI=1S/C17H29N3O3S2.ClH/c1-4-17(18,5-2)12-19-16(21)14-6-7-15(24-14)25(22,23)20-10-8-13(3)9-11-20;/h6-7,13H,4-5,8-12,18H2,1-3H3,(H,19,21);1H. The van der Waals surface area contributed by atoms with Gasteiger partial charge in [0.2, 0.25) is 0 Å². The van der Waals surface area contributed by atoms with Crippen molar-refractivity contribution in [3.05, 3.63) is 17.0 Å². The summed E-state index contributed by atoms with van der Waals surface area (Å²) < 4.78 is 27.2. The molecule has 1 aliphatic heterocycles. The molecule has 0 unspecified atom stereocenters. The smallest absolute Gasteiger partial charge is 0.261 e. The van der Waals surface area contributed by atoms with Crippen LogP contribution in [-0.2, 0) is 10.0 Å². The fourth-order valence-electron chi connectivity index (χ4n) is 2.78. The van der Waals surface area contributed by atoms with E-state index in [2.05, 4.69) is 12.2 Å². The van der Waals surface area contributed by atoms with Crippen molar-refractivity contribution in [2.75, 3.05) is 19.6 Å². The molecule has 1 aromatic heterocycles. The zero-order valence-electron chi connectivity index (χ0n) is 15.7. The van der Waals surface area contributed by atoms with E-state index in [1.807, 2.05) is 13.8 Å². The third-order valence-corrected chi connectivity index (χ3v) is 8.60. The molecule has 1 fully saturated rings. The van der Waals surface area contributed by atoms with Crippen LogP contribution in [0.15, 0.2) is 16.3 Å². The summed E-state index contributed by atoms with van der Waals surface area (Å²) in [6.07, 6.45) is 3.29. The minimum atomic E-state index is -3.50. The molecule has 26 heavy (non-hydrogen) atoms. The van der Waals surface area contributed by atoms with E-state index in [9.17, 15) is 13.2 Å². The summed E-state index contributed by atoms with van der Waals surface area (Å²) >= 11 is 1.03. The molecule has 1 aromatic rings. The zero-order chi connectivity index (χ0) is 18.7. The highest BCUT2D eigenvalue weighted by Crippen LogP contribution is 2.28. The van der Waals surface area contributed by atoms with E-state index in [1.165, 1.54) is 10.4 Å². The molecule has 2 rings (SSSR count). The van der Waals surface area contributed by atoms with Gasteiger partial charge in [0.05, 0.1) is 4.88 Å². The van der Waals surface area contributed by atoms with Crippen LogP contribution in [0.5, 0.6) is 0 Å². The van der Waals surface area contributed by atoms with Gasteiger partial charge in [0.25, 0.3) is 15.9 Å². The average molecular weight is 424 g/mol. The Balaban J connectivity index is 0.00000338. The number of sulfonamides is 1. The first-order chi connectivity index (χ1) is 11.7. The molecule has 1 amide bonds. The molecule has 9 heteroatoms. The normalized spacial score (nSPS) is 16.9. The summed E-state index contributed by atoms with van der Waals surface area (Å²) in [5.74, 6) is 0.292. The van der Waals surface area contributed by atoms with Crippen molar-refractivity contribution in [1.82, 2.24) is 9.62 Å². The Kier molecular flexibility index (Phi) is 8.54. The lowest BCUT2D eigenvalue weighted by Crippen LogP contribution is -2.49. The van der Waals surface area contributed by atoms with Crippen molar-refractivity contribution in [3.8, 4) is 0 Å². The lowest BCUT2D eigenvalue weighted by molar-refractivity contribution is 0.0946. The van der Waals surface area contributed by atoms with E-state index in [4.69, 9.17) is 5.73 Å². The SMILES string of the molecule is CCC(N)(CC)CNC(=O)c1ccc(S(=O)(=O)N2CCC(C)CC2)s1.Cl. The number of carbonyl (C=O) groups is 1. The zero-order valence-corrected chi connectivity index (χ0v) is 18.1. The second-order valence-corrected chi connectivity index (χ2v) is 10.2. The number of carbonyl (C=O) groups excluding carboxylic acids is 1. The van der Waals surface area contributed by atoms with Gasteiger partial charge in [-0.25, -0.2) is 8.42 Å². The Labute approximate surface area is 167 Å². The maximum Gasteiger partial charge on any atom is 0.261 e. The van der Waals surface area contributed by atoms with Crippen molar-refractivity contribution in [3.63, 3.8) is 0 Å². The largest absolute Gasteiger partial charge is 0.349 e. The van der Waals surface area contributed by atoms with Crippen LogP contribution in [-0.4, -0.2) is 43.8 Å². The molecule has 0 aliphatic carbocycles. The van der Waals surface area contributed by atoms with Crippen molar-refractivity contribution < 1.29 is 13.2 Å². The quantitative estimate of drug-likeness (QED) is 0.705. The summed E-state index contributed by atoms with van der Waals surface area (Å²) in [5.41, 5.74) is 5.77. The summed E-state index contributed by atoms with van der Waals surface area (Å²) in [5, 5.41) is 2.83. The number of nitrogens with two attached hydrogens (primary N) is 1. The topological polar surface area (TPSA) is 92.5 Å². The van der Waals surface area contributed by atoms with Crippen LogP contribution in [0.3, 0.4) is 0 Å². The number of hydrogen-bond donors (Lipinski definition) is 2. The van der Waals surface area contributed by atoms with E-state index in [0.717, 1.165) is 37.0 Å². The van der Waals surface area contributed by atoms with Crippen LogP contribution in [0.4, 0.5) is 0 Å². The first-order valence-corrected chi connectivity index (χ1v) is 11.1. The first-order valence-electron chi connectivity index (χ1n) is 8.89. The van der Waals surface area contributed by atoms with Crippen LogP contribution < -0.4 is 11.1 Å². The molecule has 0 aromatic carbocycles. The number of piperidine rings is 1. The first kappa shape index (κ1) is 23.4. The third kappa shape index (κ3) is 5.42. The van der Waals surface area contributed by atoms with Gasteiger partial charge in [-0.15, -0.1) is 23.7 Å². The number of nitrogens with zero attached hydrogens (tertiary/aromatic N) is 1. The van der Waals surface area contributed by atoms with Gasteiger partial charge < -0.3 is 11.1 Å². The van der Waals surface area contributed by atoms with Crippen LogP contribution in [0, 0.1) is 5.92 Å². The van der Waals surface area contributed by atoms with E-state index in [-0.39, 0.29) is 22.5 Å². The number of nitrogens with one attached hydrogen (secondary N) is 1. The molecular formula is C17H30ClN3O3S2. The second-order valence-electron chi connectivity index (χ2n) is 6.96. The van der Waals surface area contributed by atoms with Crippen LogP contribution in [0.2, 0.25) is 0 Å². The molecule has 1 saturated heterocycles. The van der Waals surface area contributed by atoms with E-state index < -0.39 is 15.6 Å². The van der Waals surface area contributed by atoms with Crippen molar-refractivity contribution in [1.29, 1.82) is 0 Å². The van der Waals surface area contributed by atoms with Crippen LogP contribution in [0.1, 0.15) is 56.1 Å². The number of thiophene rings is 1. The molecular weight excluding hydrogens is 394 g/mol. The highest BCUT2D eigenvalue weighted by atomic mass is 35.5. The highest BCUT2D eigenvalue weighted by Gasteiger charge is 2.30. The molecule has 0 spiro atoms. The minimum absolute atomic E-state index is 0. The molecule has 3 N–H and O–H groups in total. The van der Waals surface area contributed by atoms with Crippen molar-refractivity contribution in [2.24, 2.45) is 11.7 Å². The Bertz CT molecular complexity index is 694. The average Bonchev–Trinajstić information content (AvgIpc) is 3.11. The fourth-order valence-corrected chi connectivity index (χ4v) is 5.62. The van der Waals surface area contributed by atoms with Gasteiger partial charge in [-0.2, -0.15) is 4.31 Å². The Morgan fingerprint density at radius 1 is 1.31 bits per heavy atom. The lowest BCUT2D eigenvalue weighted by Gasteiger charge is -2.28. The monoisotopic (exact) mass is 423 g/mol. The summed E-state index contributed by atoms with van der Waals surface area (Å²) in [6, 6.07) is 3.11. The van der Waals surface area contributed by atoms with Gasteiger partial charge in [0, 0.05) is 25.2 Å². The molecule has 2 heterocycles. The molecule has 0 saturated carbocycles. The van der Waals surface area contributed by atoms with Gasteiger partial charge in [-0.3, -0.25) is 4.79 Å². The fraction of sp³-hybridized carbons (Fsp3) is 0.706. The Morgan fingerprint density at radius 3 is 2.42 bits per heavy atom. The molecule has 1 aliphatic rings. The van der Waals surface area contributed by atoms with Gasteiger partial charge in [-0.1, -0.05) is 20.8 Å². The van der Waals surface area contributed by atoms with Gasteiger partial charge in [0.1, 0.15) is 4.21 Å². The highest BCUT2D eigenvalue weighted by molar-refractivity contribution is 7.91. The lowest BCUT2D eigenvalue weighted by atomic mass is 9.94. The predicted octanol–water partition coefficient (Wildman–Crippen LogP) is 2.84. The van der Waals surface area contributed by atoms with E-state index in [1.54, 1.807) is 6.07 Å². The molecule has 150 valence electrons. The van der Waals surface area contributed by atoms with Crippen LogP contribution in [0.25, 0.3) is 0 Å². The van der Waals surface area contributed by atoms with Gasteiger partial charge >= 0.3 is 0 Å². The van der Waals surface area contributed by atoms with Crippen LogP contribution >= 0.6 is 23.7 Å². The van der Waals surface area contributed by atoms with Gasteiger partial charge in [-0.05, 0) is 43.7 Å². The number of halogens is 1.